The lowest BCUT2D eigenvalue weighted by molar-refractivity contribution is -0.143. The predicted octanol–water partition coefficient (Wildman–Crippen LogP) is 3.12. The fraction of sp³-hybridized carbons (Fsp3) is 0.263. The first-order valence-corrected chi connectivity index (χ1v) is 9.15. The van der Waals surface area contributed by atoms with Gasteiger partial charge in [0.1, 0.15) is 5.56 Å². The number of amides is 2. The Morgan fingerprint density at radius 2 is 1.84 bits per heavy atom. The van der Waals surface area contributed by atoms with Crippen LogP contribution in [0.3, 0.4) is 0 Å². The van der Waals surface area contributed by atoms with Gasteiger partial charge in [-0.25, -0.2) is 14.3 Å². The van der Waals surface area contributed by atoms with Crippen LogP contribution in [0.15, 0.2) is 42.7 Å². The van der Waals surface area contributed by atoms with Crippen LogP contribution >= 0.6 is 0 Å². The monoisotopic (exact) mass is 436 g/mol. The van der Waals surface area contributed by atoms with E-state index in [1.54, 1.807) is 24.0 Å². The lowest BCUT2D eigenvalue weighted by Crippen LogP contribution is -2.29. The summed E-state index contributed by atoms with van der Waals surface area (Å²) in [5.41, 5.74) is -0.700. The lowest BCUT2D eigenvalue weighted by atomic mass is 10.2. The summed E-state index contributed by atoms with van der Waals surface area (Å²) in [6, 6.07) is 6.79. The van der Waals surface area contributed by atoms with Crippen molar-refractivity contribution in [1.29, 1.82) is 0 Å². The summed E-state index contributed by atoms with van der Waals surface area (Å²) in [7, 11) is 1.74. The normalized spacial score (nSPS) is 11.3. The zero-order valence-electron chi connectivity index (χ0n) is 16.6. The molecule has 0 saturated heterocycles. The van der Waals surface area contributed by atoms with Gasteiger partial charge in [-0.1, -0.05) is 0 Å². The highest BCUT2D eigenvalue weighted by molar-refractivity contribution is 5.91. The fourth-order valence-electron chi connectivity index (χ4n) is 2.78. The molecule has 0 fully saturated rings. The van der Waals surface area contributed by atoms with Crippen LogP contribution in [0.4, 0.5) is 23.7 Å². The second kappa shape index (κ2) is 8.90. The van der Waals surface area contributed by atoms with Gasteiger partial charge in [-0.05, 0) is 37.3 Å². The number of nitrogens with one attached hydrogen (secondary N) is 2. The molecule has 9 nitrogen and oxygen atoms in total. The van der Waals surface area contributed by atoms with E-state index in [9.17, 15) is 22.8 Å². The molecule has 164 valence electrons. The zero-order valence-corrected chi connectivity index (χ0v) is 16.6. The molecule has 0 unspecified atom stereocenters. The van der Waals surface area contributed by atoms with E-state index in [1.165, 1.54) is 31.2 Å². The molecule has 0 radical (unpaired) electrons. The summed E-state index contributed by atoms with van der Waals surface area (Å²) in [4.78, 5) is 23.9. The highest BCUT2D eigenvalue weighted by atomic mass is 19.4. The molecule has 2 heterocycles. The molecular formula is C19H19F3N6O3. The number of aryl methyl sites for hydroxylation is 1. The standard InChI is InChI=1S/C19H19F3N6O3/c1-3-31-17(29)15-11-25-28(16(15)19(20,21)22)13-6-4-12(5-7-13)26-18(30)23-10-14-8-9-24-27(14)2/h4-9,11H,3,10H2,1-2H3,(H2,23,26,30). The van der Waals surface area contributed by atoms with Gasteiger partial charge in [0.05, 0.1) is 30.7 Å². The summed E-state index contributed by atoms with van der Waals surface area (Å²) in [6.45, 7) is 1.68. The number of benzene rings is 1. The van der Waals surface area contributed by atoms with Crippen LogP contribution in [0.1, 0.15) is 28.7 Å². The summed E-state index contributed by atoms with van der Waals surface area (Å²) >= 11 is 0. The maximum absolute atomic E-state index is 13.6. The zero-order chi connectivity index (χ0) is 22.6. The molecule has 0 aliphatic rings. The van der Waals surface area contributed by atoms with Gasteiger partial charge < -0.3 is 15.4 Å². The number of anilines is 1. The Balaban J connectivity index is 1.74. The van der Waals surface area contributed by atoms with Crippen molar-refractivity contribution in [3.8, 4) is 5.69 Å². The van der Waals surface area contributed by atoms with Crippen molar-refractivity contribution in [1.82, 2.24) is 24.9 Å². The molecule has 12 heteroatoms. The minimum atomic E-state index is -4.83. The summed E-state index contributed by atoms with van der Waals surface area (Å²) in [5, 5.41) is 12.9. The van der Waals surface area contributed by atoms with Gasteiger partial charge in [0, 0.05) is 18.9 Å². The molecule has 0 saturated carbocycles. The van der Waals surface area contributed by atoms with E-state index < -0.39 is 29.4 Å². The molecule has 31 heavy (non-hydrogen) atoms. The quantitative estimate of drug-likeness (QED) is 0.578. The number of alkyl halides is 3. The Morgan fingerprint density at radius 3 is 2.42 bits per heavy atom. The van der Waals surface area contributed by atoms with E-state index in [1.807, 2.05) is 0 Å². The molecule has 0 aliphatic heterocycles. The molecule has 2 aromatic heterocycles. The van der Waals surface area contributed by atoms with E-state index in [0.29, 0.717) is 10.4 Å². The predicted molar refractivity (Wildman–Crippen MR) is 104 cm³/mol. The molecule has 0 atom stereocenters. The number of carbonyl (C=O) groups is 2. The number of aromatic nitrogens is 4. The maximum atomic E-state index is 13.6. The third-order valence-corrected chi connectivity index (χ3v) is 4.26. The molecular weight excluding hydrogens is 417 g/mol. The third kappa shape index (κ3) is 5.02. The number of carbonyl (C=O) groups excluding carboxylic acids is 2. The number of urea groups is 1. The van der Waals surface area contributed by atoms with Crippen LogP contribution in [0, 0.1) is 0 Å². The smallest absolute Gasteiger partial charge is 0.434 e. The summed E-state index contributed by atoms with van der Waals surface area (Å²) < 4.78 is 47.6. The van der Waals surface area contributed by atoms with Gasteiger partial charge in [-0.3, -0.25) is 4.68 Å². The number of esters is 1. The first-order valence-electron chi connectivity index (χ1n) is 9.15. The number of nitrogens with zero attached hydrogens (tertiary/aromatic N) is 4. The molecule has 2 amide bonds. The van der Waals surface area contributed by atoms with Crippen molar-refractivity contribution in [2.75, 3.05) is 11.9 Å². The van der Waals surface area contributed by atoms with Gasteiger partial charge in [-0.2, -0.15) is 23.4 Å². The van der Waals surface area contributed by atoms with Crippen molar-refractivity contribution in [3.05, 3.63) is 59.7 Å². The van der Waals surface area contributed by atoms with E-state index in [-0.39, 0.29) is 18.8 Å². The van der Waals surface area contributed by atoms with Crippen molar-refractivity contribution in [2.45, 2.75) is 19.6 Å². The molecule has 0 aliphatic carbocycles. The first-order chi connectivity index (χ1) is 14.7. The van der Waals surface area contributed by atoms with E-state index in [4.69, 9.17) is 0 Å². The molecule has 2 N–H and O–H groups in total. The number of halogens is 3. The van der Waals surface area contributed by atoms with Gasteiger partial charge in [0.25, 0.3) is 0 Å². The Hall–Kier alpha value is -3.83. The second-order valence-electron chi connectivity index (χ2n) is 6.34. The van der Waals surface area contributed by atoms with Crippen molar-refractivity contribution < 1.29 is 27.5 Å². The Morgan fingerprint density at radius 1 is 1.13 bits per heavy atom. The SMILES string of the molecule is CCOC(=O)c1cnn(-c2ccc(NC(=O)NCc3ccnn3C)cc2)c1C(F)(F)F. The van der Waals surface area contributed by atoms with E-state index in [2.05, 4.69) is 25.6 Å². The summed E-state index contributed by atoms with van der Waals surface area (Å²) in [6.07, 6.45) is -2.41. The highest BCUT2D eigenvalue weighted by Crippen LogP contribution is 2.34. The van der Waals surface area contributed by atoms with Crippen LogP contribution < -0.4 is 10.6 Å². The largest absolute Gasteiger partial charge is 0.462 e. The van der Waals surface area contributed by atoms with Crippen LogP contribution in [0.5, 0.6) is 0 Å². The van der Waals surface area contributed by atoms with Crippen molar-refractivity contribution in [3.63, 3.8) is 0 Å². The van der Waals surface area contributed by atoms with Gasteiger partial charge in [0.2, 0.25) is 0 Å². The fourth-order valence-corrected chi connectivity index (χ4v) is 2.78. The van der Waals surface area contributed by atoms with Gasteiger partial charge >= 0.3 is 18.2 Å². The van der Waals surface area contributed by atoms with E-state index in [0.717, 1.165) is 11.9 Å². The molecule has 3 rings (SSSR count). The maximum Gasteiger partial charge on any atom is 0.434 e. The molecule has 0 spiro atoms. The number of hydrogen-bond acceptors (Lipinski definition) is 5. The van der Waals surface area contributed by atoms with Crippen molar-refractivity contribution >= 4 is 17.7 Å². The average Bonchev–Trinajstić information content (AvgIpc) is 3.33. The Labute approximate surface area is 174 Å². The topological polar surface area (TPSA) is 103 Å². The molecule has 3 aromatic rings. The third-order valence-electron chi connectivity index (χ3n) is 4.26. The molecule has 1 aromatic carbocycles. The van der Waals surface area contributed by atoms with Crippen LogP contribution in [-0.4, -0.2) is 38.2 Å². The van der Waals surface area contributed by atoms with Crippen molar-refractivity contribution in [2.24, 2.45) is 7.05 Å². The van der Waals surface area contributed by atoms with Crippen LogP contribution in [0.25, 0.3) is 5.69 Å². The van der Waals surface area contributed by atoms with Gasteiger partial charge in [0.15, 0.2) is 5.69 Å². The minimum absolute atomic E-state index is 0.0590. The second-order valence-corrected chi connectivity index (χ2v) is 6.34. The highest BCUT2D eigenvalue weighted by Gasteiger charge is 2.41. The number of hydrogen-bond donors (Lipinski definition) is 2. The van der Waals surface area contributed by atoms with Crippen LogP contribution in [-0.2, 0) is 24.5 Å². The number of rotatable bonds is 6. The van der Waals surface area contributed by atoms with Crippen LogP contribution in [0.2, 0.25) is 0 Å². The van der Waals surface area contributed by atoms with E-state index >= 15 is 0 Å². The minimum Gasteiger partial charge on any atom is -0.462 e. The number of ether oxygens (including phenoxy) is 1. The Kier molecular flexibility index (Phi) is 6.28. The average molecular weight is 436 g/mol. The first kappa shape index (κ1) is 21.9. The lowest BCUT2D eigenvalue weighted by Gasteiger charge is -2.13. The van der Waals surface area contributed by atoms with Gasteiger partial charge in [-0.15, -0.1) is 0 Å². The summed E-state index contributed by atoms with van der Waals surface area (Å²) in [5.74, 6) is -1.11. The Bertz CT molecular complexity index is 1070. The molecule has 0 bridgehead atoms.